The predicted molar refractivity (Wildman–Crippen MR) is 86.1 cm³/mol. The summed E-state index contributed by atoms with van der Waals surface area (Å²) in [6, 6.07) is 2.07. The second kappa shape index (κ2) is 6.35. The first-order valence-corrected chi connectivity index (χ1v) is 9.15. The number of nitrogens with zero attached hydrogens (tertiary/aromatic N) is 2. The zero-order valence-corrected chi connectivity index (χ0v) is 14.0. The van der Waals surface area contributed by atoms with Crippen molar-refractivity contribution in [3.05, 3.63) is 30.1 Å². The molecule has 0 radical (unpaired) electrons. The van der Waals surface area contributed by atoms with Crippen molar-refractivity contribution in [1.29, 1.82) is 0 Å². The van der Waals surface area contributed by atoms with Crippen molar-refractivity contribution in [2.24, 2.45) is 5.41 Å². The molecule has 1 aromatic heterocycles. The Balaban J connectivity index is 2.17. The molecular formula is C15H19F2N3O2S. The van der Waals surface area contributed by atoms with E-state index in [1.807, 2.05) is 13.8 Å². The lowest BCUT2D eigenvalue weighted by Gasteiger charge is -2.25. The highest BCUT2D eigenvalue weighted by Gasteiger charge is 2.21. The Hall–Kier alpha value is -1.83. The van der Waals surface area contributed by atoms with Crippen LogP contribution in [0.3, 0.4) is 0 Å². The summed E-state index contributed by atoms with van der Waals surface area (Å²) in [5.41, 5.74) is -0.00538. The third kappa shape index (κ3) is 4.82. The number of halogens is 2. The van der Waals surface area contributed by atoms with E-state index in [9.17, 15) is 17.2 Å². The van der Waals surface area contributed by atoms with E-state index in [1.54, 1.807) is 0 Å². The van der Waals surface area contributed by atoms with E-state index in [1.165, 1.54) is 12.6 Å². The van der Waals surface area contributed by atoms with Crippen LogP contribution in [0.15, 0.2) is 18.5 Å². The molecule has 2 rings (SSSR count). The van der Waals surface area contributed by atoms with Gasteiger partial charge in [0.25, 0.3) is 0 Å². The summed E-state index contributed by atoms with van der Waals surface area (Å²) in [5.74, 6) is -1.45. The molecule has 0 aliphatic heterocycles. The highest BCUT2D eigenvalue weighted by Crippen LogP contribution is 2.25. The van der Waals surface area contributed by atoms with Crippen LogP contribution in [0.1, 0.15) is 20.3 Å². The fraction of sp³-hybridized carbons (Fsp3) is 0.467. The van der Waals surface area contributed by atoms with Gasteiger partial charge >= 0.3 is 0 Å². The first kappa shape index (κ1) is 17.5. The molecule has 0 saturated carbocycles. The van der Waals surface area contributed by atoms with E-state index in [-0.39, 0.29) is 11.2 Å². The van der Waals surface area contributed by atoms with Crippen LogP contribution < -0.4 is 5.32 Å². The highest BCUT2D eigenvalue weighted by atomic mass is 32.2. The number of rotatable bonds is 6. The summed E-state index contributed by atoms with van der Waals surface area (Å²) in [4.78, 5) is 7.98. The molecular weight excluding hydrogens is 324 g/mol. The van der Waals surface area contributed by atoms with Crippen molar-refractivity contribution < 1.29 is 17.2 Å². The number of fused-ring (bicyclic) bond motifs is 1. The van der Waals surface area contributed by atoms with E-state index >= 15 is 0 Å². The molecule has 0 atom stereocenters. The predicted octanol–water partition coefficient (Wildman–Crippen LogP) is 2.78. The Morgan fingerprint density at radius 1 is 1.17 bits per heavy atom. The number of aromatic nitrogens is 2. The van der Waals surface area contributed by atoms with Crippen molar-refractivity contribution in [3.63, 3.8) is 0 Å². The Kier molecular flexibility index (Phi) is 4.84. The third-order valence-electron chi connectivity index (χ3n) is 3.56. The fourth-order valence-electron chi connectivity index (χ4n) is 2.07. The van der Waals surface area contributed by atoms with Crippen LogP contribution in [0.25, 0.3) is 10.9 Å². The second-order valence-electron chi connectivity index (χ2n) is 6.40. The molecule has 0 unspecified atom stereocenters. The van der Waals surface area contributed by atoms with Gasteiger partial charge in [-0.05, 0) is 17.9 Å². The van der Waals surface area contributed by atoms with E-state index in [4.69, 9.17) is 0 Å². The van der Waals surface area contributed by atoms with Gasteiger partial charge in [-0.3, -0.25) is 0 Å². The molecule has 2 aromatic rings. The van der Waals surface area contributed by atoms with E-state index in [0.717, 1.165) is 12.1 Å². The van der Waals surface area contributed by atoms with Gasteiger partial charge in [-0.25, -0.2) is 27.2 Å². The number of anilines is 1. The first-order chi connectivity index (χ1) is 10.6. The number of hydrogen-bond donors (Lipinski definition) is 1. The van der Waals surface area contributed by atoms with E-state index in [2.05, 4.69) is 15.3 Å². The van der Waals surface area contributed by atoms with Gasteiger partial charge in [-0.1, -0.05) is 13.8 Å². The van der Waals surface area contributed by atoms with E-state index < -0.39 is 21.5 Å². The summed E-state index contributed by atoms with van der Waals surface area (Å²) >= 11 is 0. The summed E-state index contributed by atoms with van der Waals surface area (Å²) in [7, 11) is -3.03. The van der Waals surface area contributed by atoms with Crippen LogP contribution in [-0.2, 0) is 9.84 Å². The van der Waals surface area contributed by atoms with Crippen molar-refractivity contribution >= 4 is 26.6 Å². The van der Waals surface area contributed by atoms with Gasteiger partial charge in [0.05, 0.1) is 11.3 Å². The molecule has 1 N–H and O–H groups in total. The molecule has 0 fully saturated rings. The summed E-state index contributed by atoms with van der Waals surface area (Å²) in [5, 5.41) is 3.46. The molecule has 0 aliphatic rings. The van der Waals surface area contributed by atoms with Gasteiger partial charge in [-0.15, -0.1) is 0 Å². The Labute approximate surface area is 134 Å². The Morgan fingerprint density at radius 3 is 2.48 bits per heavy atom. The lowest BCUT2D eigenvalue weighted by atomic mass is 9.90. The topological polar surface area (TPSA) is 72.0 Å². The van der Waals surface area contributed by atoms with Crippen LogP contribution in [0.4, 0.5) is 14.6 Å². The van der Waals surface area contributed by atoms with Gasteiger partial charge in [0.1, 0.15) is 22.0 Å². The van der Waals surface area contributed by atoms with Crippen molar-refractivity contribution in [2.75, 3.05) is 23.9 Å². The van der Waals surface area contributed by atoms with Crippen LogP contribution in [-0.4, -0.2) is 36.9 Å². The molecule has 0 spiro atoms. The number of nitrogens with one attached hydrogen (secondary N) is 1. The van der Waals surface area contributed by atoms with Gasteiger partial charge in [0, 0.05) is 24.3 Å². The normalized spacial score (nSPS) is 12.6. The maximum absolute atomic E-state index is 13.4. The van der Waals surface area contributed by atoms with Crippen LogP contribution in [0.2, 0.25) is 0 Å². The molecule has 0 bridgehead atoms. The second-order valence-corrected chi connectivity index (χ2v) is 8.66. The molecule has 1 heterocycles. The van der Waals surface area contributed by atoms with Crippen molar-refractivity contribution in [3.8, 4) is 0 Å². The summed E-state index contributed by atoms with van der Waals surface area (Å²) in [6.45, 7) is 4.29. The minimum Gasteiger partial charge on any atom is -0.369 e. The van der Waals surface area contributed by atoms with Crippen LogP contribution in [0.5, 0.6) is 0 Å². The standard InChI is InChI=1S/C15H19F2N3O2S/c1-15(2,4-5-23(3,21)22)8-18-14-10-6-11(16)12(17)7-13(10)19-9-20-14/h6-7,9H,4-5,8H2,1-3H3,(H,18,19,20). The van der Waals surface area contributed by atoms with E-state index in [0.29, 0.717) is 29.7 Å². The lowest BCUT2D eigenvalue weighted by molar-refractivity contribution is 0.377. The average molecular weight is 343 g/mol. The Bertz CT molecular complexity index is 823. The molecule has 126 valence electrons. The maximum atomic E-state index is 13.4. The third-order valence-corrected chi connectivity index (χ3v) is 4.51. The average Bonchev–Trinajstić information content (AvgIpc) is 2.44. The zero-order valence-electron chi connectivity index (χ0n) is 13.2. The largest absolute Gasteiger partial charge is 0.369 e. The smallest absolute Gasteiger partial charge is 0.161 e. The van der Waals surface area contributed by atoms with Crippen molar-refractivity contribution in [1.82, 2.24) is 9.97 Å². The summed E-state index contributed by atoms with van der Waals surface area (Å²) < 4.78 is 49.2. The molecule has 0 aliphatic carbocycles. The number of sulfone groups is 1. The molecule has 1 aromatic carbocycles. The first-order valence-electron chi connectivity index (χ1n) is 7.09. The monoisotopic (exact) mass is 343 g/mol. The Morgan fingerprint density at radius 2 is 1.83 bits per heavy atom. The summed E-state index contributed by atoms with van der Waals surface area (Å²) in [6.07, 6.45) is 2.95. The maximum Gasteiger partial charge on any atom is 0.161 e. The molecule has 23 heavy (non-hydrogen) atoms. The van der Waals surface area contributed by atoms with Gasteiger partial charge < -0.3 is 5.32 Å². The quantitative estimate of drug-likeness (QED) is 0.873. The van der Waals surface area contributed by atoms with Gasteiger partial charge in [-0.2, -0.15) is 0 Å². The number of hydrogen-bond acceptors (Lipinski definition) is 5. The SMILES string of the molecule is CC(C)(CCS(C)(=O)=O)CNc1ncnc2cc(F)c(F)cc12. The molecule has 0 amide bonds. The molecule has 8 heteroatoms. The molecule has 0 saturated heterocycles. The van der Waals surface area contributed by atoms with Crippen LogP contribution >= 0.6 is 0 Å². The fourth-order valence-corrected chi connectivity index (χ4v) is 2.99. The van der Waals surface area contributed by atoms with Gasteiger partial charge in [0.2, 0.25) is 0 Å². The minimum absolute atomic E-state index is 0.0893. The van der Waals surface area contributed by atoms with Gasteiger partial charge in [0.15, 0.2) is 11.6 Å². The lowest BCUT2D eigenvalue weighted by Crippen LogP contribution is -2.26. The minimum atomic E-state index is -3.03. The highest BCUT2D eigenvalue weighted by molar-refractivity contribution is 7.90. The number of benzene rings is 1. The molecule has 5 nitrogen and oxygen atoms in total. The van der Waals surface area contributed by atoms with Crippen LogP contribution in [0, 0.1) is 17.0 Å². The van der Waals surface area contributed by atoms with Crippen molar-refractivity contribution in [2.45, 2.75) is 20.3 Å². The zero-order chi connectivity index (χ0) is 17.3.